The van der Waals surface area contributed by atoms with Gasteiger partial charge < -0.3 is 10.6 Å². The largest absolute Gasteiger partial charge is 0.330 e. The molecular weight excluding hydrogens is 186 g/mol. The molecule has 3 heteroatoms. The number of unbranched alkanes of at least 4 members (excludes halogenated alkanes) is 1. The molecule has 1 saturated carbocycles. The molecule has 86 valence electrons. The average molecular weight is 209 g/mol. The highest BCUT2D eigenvalue weighted by Crippen LogP contribution is 2.29. The van der Waals surface area contributed by atoms with E-state index in [9.17, 15) is 0 Å². The Labute approximate surface area is 93.2 Å². The second-order valence-corrected chi connectivity index (χ2v) is 4.38. The Hall–Kier alpha value is -0.590. The van der Waals surface area contributed by atoms with E-state index in [1.54, 1.807) is 0 Å². The fourth-order valence-electron chi connectivity index (χ4n) is 2.69. The molecule has 0 aromatic carbocycles. The summed E-state index contributed by atoms with van der Waals surface area (Å²) in [4.78, 5) is 2.52. The minimum atomic E-state index is 0.677. The highest BCUT2D eigenvalue weighted by molar-refractivity contribution is 4.86. The molecule has 2 unspecified atom stereocenters. The standard InChI is InChI=1S/C12H23N3/c1-2-15(9-4-3-8-13)12-7-5-6-11(12)10-14/h11-12H,2-7,9-10,14H2,1H3. The van der Waals surface area contributed by atoms with E-state index in [1.165, 1.54) is 19.3 Å². The van der Waals surface area contributed by atoms with Gasteiger partial charge in [-0.15, -0.1) is 0 Å². The van der Waals surface area contributed by atoms with Gasteiger partial charge in [-0.25, -0.2) is 0 Å². The zero-order chi connectivity index (χ0) is 11.1. The van der Waals surface area contributed by atoms with Crippen molar-refractivity contribution in [3.05, 3.63) is 0 Å². The van der Waals surface area contributed by atoms with Gasteiger partial charge in [-0.2, -0.15) is 5.26 Å². The monoisotopic (exact) mass is 209 g/mol. The van der Waals surface area contributed by atoms with E-state index in [2.05, 4.69) is 17.9 Å². The predicted molar refractivity (Wildman–Crippen MR) is 62.3 cm³/mol. The number of nitrogens with zero attached hydrogens (tertiary/aromatic N) is 2. The highest BCUT2D eigenvalue weighted by Gasteiger charge is 2.29. The lowest BCUT2D eigenvalue weighted by atomic mass is 10.0. The Morgan fingerprint density at radius 3 is 2.87 bits per heavy atom. The van der Waals surface area contributed by atoms with E-state index in [0.717, 1.165) is 26.1 Å². The molecule has 2 N–H and O–H groups in total. The number of nitrogens with two attached hydrogens (primary N) is 1. The lowest BCUT2D eigenvalue weighted by Gasteiger charge is -2.31. The van der Waals surface area contributed by atoms with Gasteiger partial charge in [0.15, 0.2) is 0 Å². The van der Waals surface area contributed by atoms with Crippen molar-refractivity contribution in [2.75, 3.05) is 19.6 Å². The fourth-order valence-corrected chi connectivity index (χ4v) is 2.69. The normalized spacial score (nSPS) is 25.7. The fraction of sp³-hybridized carbons (Fsp3) is 0.917. The van der Waals surface area contributed by atoms with Crippen LogP contribution in [-0.4, -0.2) is 30.6 Å². The maximum Gasteiger partial charge on any atom is 0.0622 e. The quantitative estimate of drug-likeness (QED) is 0.678. The first-order valence-electron chi connectivity index (χ1n) is 6.14. The van der Waals surface area contributed by atoms with Gasteiger partial charge in [0.1, 0.15) is 0 Å². The second-order valence-electron chi connectivity index (χ2n) is 4.38. The molecule has 0 radical (unpaired) electrons. The van der Waals surface area contributed by atoms with Crippen LogP contribution in [0.5, 0.6) is 0 Å². The van der Waals surface area contributed by atoms with Gasteiger partial charge in [-0.3, -0.25) is 0 Å². The van der Waals surface area contributed by atoms with Gasteiger partial charge >= 0.3 is 0 Å². The van der Waals surface area contributed by atoms with Crippen molar-refractivity contribution in [1.82, 2.24) is 4.90 Å². The molecule has 0 heterocycles. The second kappa shape index (κ2) is 6.81. The van der Waals surface area contributed by atoms with Crippen molar-refractivity contribution in [2.24, 2.45) is 11.7 Å². The lowest BCUT2D eigenvalue weighted by molar-refractivity contribution is 0.169. The van der Waals surface area contributed by atoms with Gasteiger partial charge in [0.05, 0.1) is 6.07 Å². The SMILES string of the molecule is CCN(CCCC#N)C1CCCC1CN. The van der Waals surface area contributed by atoms with E-state index in [1.807, 2.05) is 0 Å². The lowest BCUT2D eigenvalue weighted by Crippen LogP contribution is -2.40. The Morgan fingerprint density at radius 1 is 1.47 bits per heavy atom. The summed E-state index contributed by atoms with van der Waals surface area (Å²) in [5.74, 6) is 0.687. The van der Waals surface area contributed by atoms with Crippen LogP contribution in [0.1, 0.15) is 39.0 Å². The Bertz CT molecular complexity index is 209. The summed E-state index contributed by atoms with van der Waals surface area (Å²) in [5.41, 5.74) is 5.79. The first-order chi connectivity index (χ1) is 7.33. The molecule has 0 aliphatic heterocycles. The Morgan fingerprint density at radius 2 is 2.27 bits per heavy atom. The summed E-state index contributed by atoms with van der Waals surface area (Å²) in [6.07, 6.45) is 5.58. The number of hydrogen-bond acceptors (Lipinski definition) is 3. The first kappa shape index (κ1) is 12.5. The van der Waals surface area contributed by atoms with Crippen LogP contribution in [0, 0.1) is 17.2 Å². The third-order valence-electron chi connectivity index (χ3n) is 3.53. The van der Waals surface area contributed by atoms with Crippen molar-refractivity contribution in [3.8, 4) is 6.07 Å². The number of nitriles is 1. The average Bonchev–Trinajstić information content (AvgIpc) is 2.72. The summed E-state index contributed by atoms with van der Waals surface area (Å²) in [5, 5.41) is 8.53. The van der Waals surface area contributed by atoms with Crippen LogP contribution < -0.4 is 5.73 Å². The molecule has 0 saturated heterocycles. The molecule has 1 aliphatic carbocycles. The zero-order valence-corrected chi connectivity index (χ0v) is 9.78. The number of rotatable bonds is 6. The van der Waals surface area contributed by atoms with Gasteiger partial charge in [-0.1, -0.05) is 13.3 Å². The van der Waals surface area contributed by atoms with Crippen LogP contribution in [0.4, 0.5) is 0 Å². The first-order valence-corrected chi connectivity index (χ1v) is 6.14. The highest BCUT2D eigenvalue weighted by atomic mass is 15.2. The Kier molecular flexibility index (Phi) is 5.67. The zero-order valence-electron chi connectivity index (χ0n) is 9.78. The van der Waals surface area contributed by atoms with Crippen LogP contribution in [0.3, 0.4) is 0 Å². The Balaban J connectivity index is 2.39. The molecule has 0 aromatic rings. The van der Waals surface area contributed by atoms with Crippen molar-refractivity contribution in [2.45, 2.75) is 45.1 Å². The van der Waals surface area contributed by atoms with Gasteiger partial charge in [0, 0.05) is 12.5 Å². The molecule has 0 spiro atoms. The molecule has 0 aromatic heterocycles. The molecule has 1 aliphatic rings. The minimum Gasteiger partial charge on any atom is -0.330 e. The van der Waals surface area contributed by atoms with Gasteiger partial charge in [0.25, 0.3) is 0 Å². The smallest absolute Gasteiger partial charge is 0.0622 e. The maximum atomic E-state index is 8.53. The molecule has 1 fully saturated rings. The summed E-state index contributed by atoms with van der Waals surface area (Å²) in [6.45, 7) is 5.18. The molecular formula is C12H23N3. The van der Waals surface area contributed by atoms with Crippen LogP contribution in [0.15, 0.2) is 0 Å². The number of hydrogen-bond donors (Lipinski definition) is 1. The summed E-state index contributed by atoms with van der Waals surface area (Å²) < 4.78 is 0. The van der Waals surface area contributed by atoms with Crippen LogP contribution in [-0.2, 0) is 0 Å². The van der Waals surface area contributed by atoms with Crippen molar-refractivity contribution in [3.63, 3.8) is 0 Å². The minimum absolute atomic E-state index is 0.677. The third-order valence-corrected chi connectivity index (χ3v) is 3.53. The topological polar surface area (TPSA) is 53.0 Å². The maximum absolute atomic E-state index is 8.53. The molecule has 1 rings (SSSR count). The van der Waals surface area contributed by atoms with E-state index in [4.69, 9.17) is 11.0 Å². The van der Waals surface area contributed by atoms with E-state index >= 15 is 0 Å². The summed E-state index contributed by atoms with van der Waals surface area (Å²) >= 11 is 0. The summed E-state index contributed by atoms with van der Waals surface area (Å²) in [7, 11) is 0. The van der Waals surface area contributed by atoms with Gasteiger partial charge in [-0.05, 0) is 44.8 Å². The molecule has 0 amide bonds. The summed E-state index contributed by atoms with van der Waals surface area (Å²) in [6, 6.07) is 2.89. The van der Waals surface area contributed by atoms with Gasteiger partial charge in [0.2, 0.25) is 0 Å². The molecule has 15 heavy (non-hydrogen) atoms. The van der Waals surface area contributed by atoms with E-state index in [-0.39, 0.29) is 0 Å². The molecule has 3 nitrogen and oxygen atoms in total. The van der Waals surface area contributed by atoms with Crippen molar-refractivity contribution < 1.29 is 0 Å². The van der Waals surface area contributed by atoms with Crippen LogP contribution in [0.25, 0.3) is 0 Å². The van der Waals surface area contributed by atoms with Crippen LogP contribution >= 0.6 is 0 Å². The van der Waals surface area contributed by atoms with Crippen molar-refractivity contribution >= 4 is 0 Å². The van der Waals surface area contributed by atoms with E-state index in [0.29, 0.717) is 18.4 Å². The van der Waals surface area contributed by atoms with Crippen LogP contribution in [0.2, 0.25) is 0 Å². The van der Waals surface area contributed by atoms with E-state index < -0.39 is 0 Å². The predicted octanol–water partition coefficient (Wildman–Crippen LogP) is 1.74. The third kappa shape index (κ3) is 3.48. The van der Waals surface area contributed by atoms with Crippen molar-refractivity contribution in [1.29, 1.82) is 5.26 Å². The molecule has 0 bridgehead atoms. The molecule has 2 atom stereocenters.